The van der Waals surface area contributed by atoms with E-state index in [-0.39, 0.29) is 6.10 Å². The summed E-state index contributed by atoms with van der Waals surface area (Å²) in [5, 5.41) is 12.0. The van der Waals surface area contributed by atoms with Gasteiger partial charge in [-0.3, -0.25) is 0 Å². The first-order valence-corrected chi connectivity index (χ1v) is 6.23. The van der Waals surface area contributed by atoms with E-state index in [0.29, 0.717) is 12.1 Å². The van der Waals surface area contributed by atoms with Crippen LogP contribution in [0.25, 0.3) is 0 Å². The summed E-state index contributed by atoms with van der Waals surface area (Å²) in [6.45, 7) is 2.73. The molecular formula is C16H16N2O. The molecule has 0 saturated carbocycles. The average Bonchev–Trinajstić information content (AvgIpc) is 2.47. The van der Waals surface area contributed by atoms with Gasteiger partial charge in [0.05, 0.1) is 18.2 Å². The lowest BCUT2D eigenvalue weighted by atomic mass is 10.2. The molecule has 1 atom stereocenters. The second kappa shape index (κ2) is 6.46. The Morgan fingerprint density at radius 1 is 1.11 bits per heavy atom. The van der Waals surface area contributed by atoms with Crippen LogP contribution in [0.4, 0.5) is 5.69 Å². The topological polar surface area (TPSA) is 45.0 Å². The van der Waals surface area contributed by atoms with Crippen molar-refractivity contribution < 1.29 is 4.74 Å². The summed E-state index contributed by atoms with van der Waals surface area (Å²) in [5.74, 6) is 0.872. The minimum Gasteiger partial charge on any atom is -0.489 e. The Kier molecular flexibility index (Phi) is 4.41. The Bertz CT molecular complexity index is 543. The predicted octanol–water partition coefficient (Wildman–Crippen LogP) is 3.44. The van der Waals surface area contributed by atoms with Crippen LogP contribution in [0.1, 0.15) is 12.5 Å². The highest BCUT2D eigenvalue weighted by Crippen LogP contribution is 2.12. The van der Waals surface area contributed by atoms with Crippen molar-refractivity contribution >= 4 is 5.69 Å². The quantitative estimate of drug-likeness (QED) is 0.886. The van der Waals surface area contributed by atoms with Crippen molar-refractivity contribution in [3.63, 3.8) is 0 Å². The molecule has 96 valence electrons. The van der Waals surface area contributed by atoms with Crippen molar-refractivity contribution in [1.82, 2.24) is 0 Å². The van der Waals surface area contributed by atoms with Crippen molar-refractivity contribution in [3.8, 4) is 11.8 Å². The zero-order chi connectivity index (χ0) is 13.5. The third-order valence-electron chi connectivity index (χ3n) is 2.69. The molecule has 3 heteroatoms. The third kappa shape index (κ3) is 4.04. The van der Waals surface area contributed by atoms with Gasteiger partial charge >= 0.3 is 0 Å². The van der Waals surface area contributed by atoms with Gasteiger partial charge in [0, 0.05) is 5.69 Å². The number of hydrogen-bond donors (Lipinski definition) is 1. The van der Waals surface area contributed by atoms with Gasteiger partial charge in [0.25, 0.3) is 0 Å². The molecule has 0 heterocycles. The molecule has 1 N–H and O–H groups in total. The molecule has 0 aromatic heterocycles. The van der Waals surface area contributed by atoms with Gasteiger partial charge in [-0.15, -0.1) is 0 Å². The summed E-state index contributed by atoms with van der Waals surface area (Å²) in [6.07, 6.45) is 0.0676. The molecule has 1 unspecified atom stereocenters. The summed E-state index contributed by atoms with van der Waals surface area (Å²) in [6, 6.07) is 19.2. The number of benzene rings is 2. The molecule has 0 bridgehead atoms. The van der Waals surface area contributed by atoms with Crippen LogP contribution in [-0.2, 0) is 0 Å². The van der Waals surface area contributed by atoms with E-state index in [1.165, 1.54) is 0 Å². The summed E-state index contributed by atoms with van der Waals surface area (Å²) in [4.78, 5) is 0. The minimum atomic E-state index is 0.0676. The summed E-state index contributed by atoms with van der Waals surface area (Å²) in [7, 11) is 0. The maximum Gasteiger partial charge on any atom is 0.119 e. The molecule has 3 nitrogen and oxygen atoms in total. The van der Waals surface area contributed by atoms with Gasteiger partial charge in [-0.05, 0) is 43.3 Å². The molecule has 0 radical (unpaired) electrons. The van der Waals surface area contributed by atoms with Crippen LogP contribution in [0.2, 0.25) is 0 Å². The van der Waals surface area contributed by atoms with Gasteiger partial charge in [0.15, 0.2) is 0 Å². The number of nitrogens with one attached hydrogen (secondary N) is 1. The lowest BCUT2D eigenvalue weighted by molar-refractivity contribution is 0.235. The molecule has 0 spiro atoms. The van der Waals surface area contributed by atoms with Gasteiger partial charge in [-0.1, -0.05) is 18.2 Å². The lowest BCUT2D eigenvalue weighted by Crippen LogP contribution is -2.22. The van der Waals surface area contributed by atoms with Gasteiger partial charge in [-0.25, -0.2) is 0 Å². The maximum absolute atomic E-state index is 8.72. The van der Waals surface area contributed by atoms with E-state index >= 15 is 0 Å². The molecule has 2 aromatic carbocycles. The van der Waals surface area contributed by atoms with E-state index in [2.05, 4.69) is 11.4 Å². The smallest absolute Gasteiger partial charge is 0.119 e. The molecule has 0 aliphatic rings. The van der Waals surface area contributed by atoms with Crippen LogP contribution in [0, 0.1) is 11.3 Å². The Balaban J connectivity index is 1.83. The van der Waals surface area contributed by atoms with Gasteiger partial charge in [0.1, 0.15) is 11.9 Å². The normalized spacial score (nSPS) is 11.4. The van der Waals surface area contributed by atoms with Crippen molar-refractivity contribution in [2.45, 2.75) is 13.0 Å². The SMILES string of the molecule is CC(CNc1ccc(C#N)cc1)Oc1ccccc1. The number of nitriles is 1. The maximum atomic E-state index is 8.72. The average molecular weight is 252 g/mol. The van der Waals surface area contributed by atoms with E-state index in [1.807, 2.05) is 49.4 Å². The Labute approximate surface area is 113 Å². The number of nitrogens with zero attached hydrogens (tertiary/aromatic N) is 1. The second-order valence-electron chi connectivity index (χ2n) is 4.31. The first kappa shape index (κ1) is 13.0. The summed E-state index contributed by atoms with van der Waals surface area (Å²) < 4.78 is 5.77. The molecule has 0 aliphatic carbocycles. The fraction of sp³-hybridized carbons (Fsp3) is 0.188. The van der Waals surface area contributed by atoms with E-state index in [1.54, 1.807) is 12.1 Å². The number of para-hydroxylation sites is 1. The van der Waals surface area contributed by atoms with E-state index in [0.717, 1.165) is 11.4 Å². The molecule has 0 fully saturated rings. The highest BCUT2D eigenvalue weighted by atomic mass is 16.5. The number of ether oxygens (including phenoxy) is 1. The van der Waals surface area contributed by atoms with Gasteiger partial charge in [0.2, 0.25) is 0 Å². The molecule has 2 rings (SSSR count). The number of hydrogen-bond acceptors (Lipinski definition) is 3. The molecule has 0 aliphatic heterocycles. The molecule has 2 aromatic rings. The zero-order valence-corrected chi connectivity index (χ0v) is 10.8. The monoisotopic (exact) mass is 252 g/mol. The third-order valence-corrected chi connectivity index (χ3v) is 2.69. The van der Waals surface area contributed by atoms with Crippen molar-refractivity contribution in [2.24, 2.45) is 0 Å². The fourth-order valence-electron chi connectivity index (χ4n) is 1.70. The van der Waals surface area contributed by atoms with E-state index in [9.17, 15) is 0 Å². The molecule has 19 heavy (non-hydrogen) atoms. The van der Waals surface area contributed by atoms with Crippen LogP contribution in [-0.4, -0.2) is 12.6 Å². The molecular weight excluding hydrogens is 236 g/mol. The number of anilines is 1. The van der Waals surface area contributed by atoms with Crippen LogP contribution in [0.3, 0.4) is 0 Å². The lowest BCUT2D eigenvalue weighted by Gasteiger charge is -2.16. The van der Waals surface area contributed by atoms with Crippen LogP contribution in [0.15, 0.2) is 54.6 Å². The summed E-state index contributed by atoms with van der Waals surface area (Å²) in [5.41, 5.74) is 1.65. The van der Waals surface area contributed by atoms with E-state index in [4.69, 9.17) is 10.00 Å². The Morgan fingerprint density at radius 2 is 1.79 bits per heavy atom. The Hall–Kier alpha value is -2.47. The van der Waals surface area contributed by atoms with E-state index < -0.39 is 0 Å². The first-order valence-electron chi connectivity index (χ1n) is 6.23. The standard InChI is InChI=1S/C16H16N2O/c1-13(19-16-5-3-2-4-6-16)12-18-15-9-7-14(11-17)8-10-15/h2-10,13,18H,12H2,1H3. The molecule has 0 saturated heterocycles. The second-order valence-corrected chi connectivity index (χ2v) is 4.31. The Morgan fingerprint density at radius 3 is 2.42 bits per heavy atom. The predicted molar refractivity (Wildman–Crippen MR) is 76.2 cm³/mol. The van der Waals surface area contributed by atoms with Crippen molar-refractivity contribution in [1.29, 1.82) is 5.26 Å². The number of rotatable bonds is 5. The van der Waals surface area contributed by atoms with Crippen molar-refractivity contribution in [2.75, 3.05) is 11.9 Å². The van der Waals surface area contributed by atoms with Crippen LogP contribution < -0.4 is 10.1 Å². The highest BCUT2D eigenvalue weighted by molar-refractivity contribution is 5.47. The van der Waals surface area contributed by atoms with Gasteiger partial charge in [-0.2, -0.15) is 5.26 Å². The fourth-order valence-corrected chi connectivity index (χ4v) is 1.70. The summed E-state index contributed by atoms with van der Waals surface area (Å²) >= 11 is 0. The largest absolute Gasteiger partial charge is 0.489 e. The highest BCUT2D eigenvalue weighted by Gasteiger charge is 2.03. The van der Waals surface area contributed by atoms with Crippen LogP contribution in [0.5, 0.6) is 5.75 Å². The van der Waals surface area contributed by atoms with Gasteiger partial charge < -0.3 is 10.1 Å². The molecule has 0 amide bonds. The minimum absolute atomic E-state index is 0.0676. The zero-order valence-electron chi connectivity index (χ0n) is 10.8. The van der Waals surface area contributed by atoms with Crippen LogP contribution >= 0.6 is 0 Å². The first-order chi connectivity index (χ1) is 9.28. The van der Waals surface area contributed by atoms with Crippen molar-refractivity contribution in [3.05, 3.63) is 60.2 Å².